The van der Waals surface area contributed by atoms with Crippen LogP contribution in [0.15, 0.2) is 29.7 Å². The number of hydrogen-bond acceptors (Lipinski definition) is 2. The van der Waals surface area contributed by atoms with Crippen molar-refractivity contribution in [3.63, 3.8) is 0 Å². The van der Waals surface area contributed by atoms with Gasteiger partial charge in [-0.2, -0.15) is 0 Å². The second kappa shape index (κ2) is 3.05. The summed E-state index contributed by atoms with van der Waals surface area (Å²) in [5, 5.41) is 0. The van der Waals surface area contributed by atoms with Crippen LogP contribution in [0.2, 0.25) is 0 Å². The molecule has 58 valence electrons. The number of nitrogens with one attached hydrogen (secondary N) is 1. The van der Waals surface area contributed by atoms with E-state index >= 15 is 0 Å². The van der Waals surface area contributed by atoms with Crippen molar-refractivity contribution in [1.29, 1.82) is 0 Å². The fourth-order valence-corrected chi connectivity index (χ4v) is 0.908. The van der Waals surface area contributed by atoms with E-state index in [1.807, 2.05) is 6.08 Å². The van der Waals surface area contributed by atoms with Crippen LogP contribution in [0.5, 0.6) is 0 Å². The lowest BCUT2D eigenvalue weighted by Gasteiger charge is -1.81. The van der Waals surface area contributed by atoms with Gasteiger partial charge in [-0.05, 0) is 11.8 Å². The van der Waals surface area contributed by atoms with E-state index < -0.39 is 0 Å². The molecule has 0 spiro atoms. The minimum atomic E-state index is 0.685. The number of rotatable bonds is 0. The molecular weight excluding hydrogens is 150 g/mol. The maximum Gasteiger partial charge on any atom is 0.183 e. The zero-order chi connectivity index (χ0) is 8.23. The molecule has 2 rings (SSSR count). The second-order valence-corrected chi connectivity index (χ2v) is 2.35. The largest absolute Gasteiger partial charge is 0.338 e. The van der Waals surface area contributed by atoms with Gasteiger partial charge in [0, 0.05) is 25.0 Å². The topological polar surface area (TPSA) is 41.0 Å². The first-order chi connectivity index (χ1) is 5.95. The third-order valence-electron chi connectivity index (χ3n) is 1.47. The molecule has 1 aromatic rings. The summed E-state index contributed by atoms with van der Waals surface area (Å²) in [6.45, 7) is 0. The van der Waals surface area contributed by atoms with Crippen LogP contribution in [0.1, 0.15) is 12.2 Å². The molecule has 0 aromatic carbocycles. The minimum Gasteiger partial charge on any atom is -0.338 e. The number of imidazole rings is 1. The van der Waals surface area contributed by atoms with Crippen LogP contribution >= 0.6 is 0 Å². The average Bonchev–Trinajstić information content (AvgIpc) is 2.74. The predicted octanol–water partition coefficient (Wildman–Crippen LogP) is 1.12. The third-order valence-corrected chi connectivity index (χ3v) is 1.47. The summed E-state index contributed by atoms with van der Waals surface area (Å²) in [5.74, 6) is 6.49. The molecule has 0 bridgehead atoms. The monoisotopic (exact) mass is 157 g/mol. The average molecular weight is 157 g/mol. The summed E-state index contributed by atoms with van der Waals surface area (Å²) in [6, 6.07) is 0. The van der Waals surface area contributed by atoms with Crippen LogP contribution in [0.25, 0.3) is 0 Å². The van der Waals surface area contributed by atoms with Gasteiger partial charge >= 0.3 is 0 Å². The van der Waals surface area contributed by atoms with Gasteiger partial charge in [0.1, 0.15) is 0 Å². The van der Waals surface area contributed by atoms with Crippen molar-refractivity contribution in [3.8, 4) is 11.8 Å². The lowest BCUT2D eigenvalue weighted by atomic mass is 10.3. The Balaban J connectivity index is 2.11. The molecule has 1 aliphatic rings. The Morgan fingerprint density at radius 2 is 2.42 bits per heavy atom. The summed E-state index contributed by atoms with van der Waals surface area (Å²) in [4.78, 5) is 10.9. The van der Waals surface area contributed by atoms with Gasteiger partial charge in [0.25, 0.3) is 0 Å². The van der Waals surface area contributed by atoms with Gasteiger partial charge < -0.3 is 4.98 Å². The van der Waals surface area contributed by atoms with E-state index in [1.54, 1.807) is 18.6 Å². The van der Waals surface area contributed by atoms with Crippen molar-refractivity contribution in [3.05, 3.63) is 30.5 Å². The lowest BCUT2D eigenvalue weighted by molar-refractivity contribution is 1.25. The van der Waals surface area contributed by atoms with Crippen LogP contribution in [0.3, 0.4) is 0 Å². The maximum absolute atomic E-state index is 4.06. The molecule has 0 saturated carbocycles. The SMILES string of the molecule is C(#Cc1ncc[nH]1)C1=NC=CC1. The van der Waals surface area contributed by atoms with E-state index in [2.05, 4.69) is 26.8 Å². The first-order valence-electron chi connectivity index (χ1n) is 3.68. The normalized spacial score (nSPS) is 13.8. The number of allylic oxidation sites excluding steroid dienone is 1. The predicted molar refractivity (Wildman–Crippen MR) is 46.7 cm³/mol. The number of aromatic nitrogens is 2. The molecule has 1 N–H and O–H groups in total. The Morgan fingerprint density at radius 1 is 1.42 bits per heavy atom. The van der Waals surface area contributed by atoms with Crippen molar-refractivity contribution < 1.29 is 0 Å². The standard InChI is InChI=1S/C9H7N3/c1-2-8(10-5-1)3-4-9-11-6-7-12-9/h1,5-7H,2H2,(H,11,12). The Hall–Kier alpha value is -1.82. The van der Waals surface area contributed by atoms with Crippen molar-refractivity contribution in [1.82, 2.24) is 9.97 Å². The first kappa shape index (κ1) is 6.86. The summed E-state index contributed by atoms with van der Waals surface area (Å²) < 4.78 is 0. The molecule has 3 heteroatoms. The molecule has 0 unspecified atom stereocenters. The molecule has 1 aromatic heterocycles. The molecular formula is C9H7N3. The molecule has 0 atom stereocenters. The van der Waals surface area contributed by atoms with E-state index in [9.17, 15) is 0 Å². The molecule has 2 heterocycles. The van der Waals surface area contributed by atoms with Gasteiger partial charge in [-0.3, -0.25) is 4.99 Å². The van der Waals surface area contributed by atoms with Gasteiger partial charge in [0.2, 0.25) is 0 Å². The molecule has 3 nitrogen and oxygen atoms in total. The van der Waals surface area contributed by atoms with Gasteiger partial charge in [0.05, 0.1) is 5.71 Å². The van der Waals surface area contributed by atoms with Gasteiger partial charge in [0.15, 0.2) is 5.82 Å². The third kappa shape index (κ3) is 1.43. The molecule has 0 amide bonds. The first-order valence-corrected chi connectivity index (χ1v) is 3.68. The van der Waals surface area contributed by atoms with E-state index in [0.29, 0.717) is 5.82 Å². The van der Waals surface area contributed by atoms with Crippen molar-refractivity contribution >= 4 is 5.71 Å². The van der Waals surface area contributed by atoms with Crippen LogP contribution in [-0.2, 0) is 0 Å². The summed E-state index contributed by atoms with van der Waals surface area (Å²) in [5.41, 5.74) is 0.895. The van der Waals surface area contributed by atoms with E-state index in [-0.39, 0.29) is 0 Å². The van der Waals surface area contributed by atoms with E-state index in [0.717, 1.165) is 12.1 Å². The molecule has 0 aliphatic carbocycles. The number of aromatic amines is 1. The highest BCUT2D eigenvalue weighted by Crippen LogP contribution is 1.98. The van der Waals surface area contributed by atoms with Crippen LogP contribution in [0.4, 0.5) is 0 Å². The molecule has 0 fully saturated rings. The van der Waals surface area contributed by atoms with Crippen LogP contribution in [0, 0.1) is 11.8 Å². The quantitative estimate of drug-likeness (QED) is 0.563. The smallest absolute Gasteiger partial charge is 0.183 e. The van der Waals surface area contributed by atoms with Crippen molar-refractivity contribution in [2.75, 3.05) is 0 Å². The fourth-order valence-electron chi connectivity index (χ4n) is 0.908. The van der Waals surface area contributed by atoms with E-state index in [1.165, 1.54) is 0 Å². The zero-order valence-electron chi connectivity index (χ0n) is 6.41. The zero-order valence-corrected chi connectivity index (χ0v) is 6.41. The number of nitrogens with zero attached hydrogens (tertiary/aromatic N) is 2. The number of aliphatic imine (C=N–C) groups is 1. The number of H-pyrrole nitrogens is 1. The van der Waals surface area contributed by atoms with Gasteiger partial charge in [-0.15, -0.1) is 0 Å². The maximum atomic E-state index is 4.06. The summed E-state index contributed by atoms with van der Waals surface area (Å²) in [7, 11) is 0. The van der Waals surface area contributed by atoms with Crippen LogP contribution in [-0.4, -0.2) is 15.7 Å². The lowest BCUT2D eigenvalue weighted by Crippen LogP contribution is -1.87. The fraction of sp³-hybridized carbons (Fsp3) is 0.111. The van der Waals surface area contributed by atoms with Gasteiger partial charge in [-0.25, -0.2) is 4.98 Å². The molecule has 0 radical (unpaired) electrons. The molecule has 1 aliphatic heterocycles. The highest BCUT2D eigenvalue weighted by Gasteiger charge is 1.95. The van der Waals surface area contributed by atoms with E-state index in [4.69, 9.17) is 0 Å². The molecule has 12 heavy (non-hydrogen) atoms. The highest BCUT2D eigenvalue weighted by atomic mass is 14.9. The number of hydrogen-bond donors (Lipinski definition) is 1. The molecule has 0 saturated heterocycles. The highest BCUT2D eigenvalue weighted by molar-refractivity contribution is 6.03. The Bertz CT molecular complexity index is 374. The Morgan fingerprint density at radius 3 is 3.08 bits per heavy atom. The van der Waals surface area contributed by atoms with Gasteiger partial charge in [-0.1, -0.05) is 6.08 Å². The van der Waals surface area contributed by atoms with Crippen LogP contribution < -0.4 is 0 Å². The van der Waals surface area contributed by atoms with Crippen molar-refractivity contribution in [2.24, 2.45) is 4.99 Å². The summed E-state index contributed by atoms with van der Waals surface area (Å²) in [6.07, 6.45) is 8.02. The second-order valence-electron chi connectivity index (χ2n) is 2.35. The summed E-state index contributed by atoms with van der Waals surface area (Å²) >= 11 is 0. The Labute approximate surface area is 70.2 Å². The Kier molecular flexibility index (Phi) is 1.75. The van der Waals surface area contributed by atoms with Crippen molar-refractivity contribution in [2.45, 2.75) is 6.42 Å². The minimum absolute atomic E-state index is 0.685.